The summed E-state index contributed by atoms with van der Waals surface area (Å²) in [6.45, 7) is 2.09. The fourth-order valence-electron chi connectivity index (χ4n) is 4.36. The lowest BCUT2D eigenvalue weighted by atomic mass is 9.78. The Balaban J connectivity index is 1.61. The molecule has 2 heterocycles. The van der Waals surface area contributed by atoms with Crippen molar-refractivity contribution in [2.75, 3.05) is 19.6 Å². The number of carboxylic acids is 1. The number of urea groups is 1. The van der Waals surface area contributed by atoms with Gasteiger partial charge in [0.25, 0.3) is 0 Å². The van der Waals surface area contributed by atoms with Crippen LogP contribution in [0.1, 0.15) is 51.4 Å². The van der Waals surface area contributed by atoms with Crippen LogP contribution in [-0.2, 0) is 4.79 Å². The molecule has 118 valence electrons. The summed E-state index contributed by atoms with van der Waals surface area (Å²) in [4.78, 5) is 27.8. The first-order valence-corrected chi connectivity index (χ1v) is 8.45. The minimum atomic E-state index is -0.715. The lowest BCUT2D eigenvalue weighted by Crippen LogP contribution is -2.55. The third kappa shape index (κ3) is 3.01. The molecule has 2 atom stereocenters. The SMILES string of the molecule is O=C(O)C1CCN(C(=O)N2CCCC3CCCCC32)CC1. The van der Waals surface area contributed by atoms with E-state index in [1.54, 1.807) is 0 Å². The number of aliphatic carboxylic acids is 1. The number of likely N-dealkylation sites (tertiary alicyclic amines) is 2. The molecule has 1 aliphatic carbocycles. The third-order valence-electron chi connectivity index (χ3n) is 5.60. The van der Waals surface area contributed by atoms with Gasteiger partial charge in [-0.15, -0.1) is 0 Å². The lowest BCUT2D eigenvalue weighted by Gasteiger charge is -2.46. The second-order valence-corrected chi connectivity index (χ2v) is 6.83. The molecule has 0 radical (unpaired) electrons. The predicted molar refractivity (Wildman–Crippen MR) is 79.0 cm³/mol. The second kappa shape index (κ2) is 6.24. The monoisotopic (exact) mass is 294 g/mol. The first-order chi connectivity index (χ1) is 10.2. The van der Waals surface area contributed by atoms with Crippen LogP contribution in [0.15, 0.2) is 0 Å². The maximum atomic E-state index is 12.8. The highest BCUT2D eigenvalue weighted by Crippen LogP contribution is 2.36. The zero-order valence-corrected chi connectivity index (χ0v) is 12.7. The molecule has 0 aromatic heterocycles. The normalized spacial score (nSPS) is 30.9. The summed E-state index contributed by atoms with van der Waals surface area (Å²) in [6, 6.07) is 0.604. The van der Waals surface area contributed by atoms with E-state index in [0.717, 1.165) is 19.4 Å². The van der Waals surface area contributed by atoms with Gasteiger partial charge >= 0.3 is 12.0 Å². The molecule has 2 saturated heterocycles. The highest BCUT2D eigenvalue weighted by Gasteiger charge is 2.38. The summed E-state index contributed by atoms with van der Waals surface area (Å²) in [5, 5.41) is 9.05. The quantitative estimate of drug-likeness (QED) is 0.808. The van der Waals surface area contributed by atoms with E-state index in [0.29, 0.717) is 37.9 Å². The number of hydrogen-bond acceptors (Lipinski definition) is 2. The molecular weight excluding hydrogens is 268 g/mol. The molecule has 0 aromatic carbocycles. The molecule has 2 aliphatic heterocycles. The number of rotatable bonds is 1. The van der Waals surface area contributed by atoms with Crippen LogP contribution in [-0.4, -0.2) is 52.6 Å². The Morgan fingerprint density at radius 3 is 2.24 bits per heavy atom. The fraction of sp³-hybridized carbons (Fsp3) is 0.875. The van der Waals surface area contributed by atoms with Crippen LogP contribution >= 0.6 is 0 Å². The summed E-state index contributed by atoms with van der Waals surface area (Å²) >= 11 is 0. The number of carbonyl (C=O) groups is 2. The van der Waals surface area contributed by atoms with Crippen LogP contribution in [0.4, 0.5) is 4.79 Å². The highest BCUT2D eigenvalue weighted by molar-refractivity contribution is 5.76. The standard InChI is InChI=1S/C16H26N2O3/c19-15(20)13-7-10-17(11-8-13)16(21)18-9-3-5-12-4-1-2-6-14(12)18/h12-14H,1-11H2,(H,19,20). The van der Waals surface area contributed by atoms with Crippen LogP contribution in [0.2, 0.25) is 0 Å². The van der Waals surface area contributed by atoms with Gasteiger partial charge in [-0.3, -0.25) is 4.79 Å². The van der Waals surface area contributed by atoms with Gasteiger partial charge in [0.05, 0.1) is 5.92 Å². The van der Waals surface area contributed by atoms with Gasteiger partial charge in [0.2, 0.25) is 0 Å². The van der Waals surface area contributed by atoms with Crippen molar-refractivity contribution in [1.29, 1.82) is 0 Å². The van der Waals surface area contributed by atoms with Crippen molar-refractivity contribution in [3.8, 4) is 0 Å². The molecule has 0 spiro atoms. The first-order valence-electron chi connectivity index (χ1n) is 8.45. The van der Waals surface area contributed by atoms with Crippen LogP contribution in [0, 0.1) is 11.8 Å². The molecule has 5 heteroatoms. The number of nitrogens with zero attached hydrogens (tertiary/aromatic N) is 2. The lowest BCUT2D eigenvalue weighted by molar-refractivity contribution is -0.143. The molecule has 0 bridgehead atoms. The Hall–Kier alpha value is -1.26. The topological polar surface area (TPSA) is 60.9 Å². The predicted octanol–water partition coefficient (Wildman–Crippen LogP) is 2.56. The molecule has 2 amide bonds. The van der Waals surface area contributed by atoms with Gasteiger partial charge < -0.3 is 14.9 Å². The third-order valence-corrected chi connectivity index (χ3v) is 5.60. The van der Waals surface area contributed by atoms with E-state index in [9.17, 15) is 9.59 Å². The van der Waals surface area contributed by atoms with E-state index >= 15 is 0 Å². The van der Waals surface area contributed by atoms with Crippen LogP contribution < -0.4 is 0 Å². The molecule has 1 saturated carbocycles. The summed E-state index contributed by atoms with van der Waals surface area (Å²) in [5.41, 5.74) is 0. The average molecular weight is 294 g/mol. The summed E-state index contributed by atoms with van der Waals surface area (Å²) in [5.74, 6) is -0.279. The minimum Gasteiger partial charge on any atom is -0.481 e. The largest absolute Gasteiger partial charge is 0.481 e. The fourth-order valence-corrected chi connectivity index (χ4v) is 4.36. The maximum Gasteiger partial charge on any atom is 0.320 e. The molecule has 3 rings (SSSR count). The van der Waals surface area contributed by atoms with Crippen LogP contribution in [0.5, 0.6) is 0 Å². The van der Waals surface area contributed by atoms with Gasteiger partial charge in [-0.25, -0.2) is 4.79 Å². The Bertz CT molecular complexity index is 402. The molecule has 2 unspecified atom stereocenters. The van der Waals surface area contributed by atoms with Crippen molar-refractivity contribution in [2.45, 2.75) is 57.4 Å². The van der Waals surface area contributed by atoms with Gasteiger partial charge in [-0.05, 0) is 44.4 Å². The van der Waals surface area contributed by atoms with Crippen molar-refractivity contribution in [1.82, 2.24) is 9.80 Å². The summed E-state index contributed by atoms with van der Waals surface area (Å²) in [6.07, 6.45) is 8.58. The Morgan fingerprint density at radius 2 is 1.52 bits per heavy atom. The Kier molecular flexibility index (Phi) is 4.36. The van der Waals surface area contributed by atoms with Crippen molar-refractivity contribution >= 4 is 12.0 Å². The van der Waals surface area contributed by atoms with Gasteiger partial charge in [-0.1, -0.05) is 12.8 Å². The van der Waals surface area contributed by atoms with Gasteiger partial charge in [0.15, 0.2) is 0 Å². The Labute approximate surface area is 126 Å². The van der Waals surface area contributed by atoms with Crippen molar-refractivity contribution < 1.29 is 14.7 Å². The second-order valence-electron chi connectivity index (χ2n) is 6.83. The van der Waals surface area contributed by atoms with E-state index in [2.05, 4.69) is 4.90 Å². The van der Waals surface area contributed by atoms with Crippen molar-refractivity contribution in [3.63, 3.8) is 0 Å². The zero-order chi connectivity index (χ0) is 14.8. The smallest absolute Gasteiger partial charge is 0.320 e. The van der Waals surface area contributed by atoms with E-state index in [-0.39, 0.29) is 11.9 Å². The zero-order valence-electron chi connectivity index (χ0n) is 12.7. The van der Waals surface area contributed by atoms with Gasteiger partial charge in [0.1, 0.15) is 0 Å². The van der Waals surface area contributed by atoms with E-state index in [1.807, 2.05) is 4.90 Å². The number of carbonyl (C=O) groups excluding carboxylic acids is 1. The molecule has 0 aromatic rings. The average Bonchev–Trinajstić information content (AvgIpc) is 2.53. The molecule has 3 fully saturated rings. The number of piperidine rings is 2. The Morgan fingerprint density at radius 1 is 0.857 bits per heavy atom. The van der Waals surface area contributed by atoms with Gasteiger partial charge in [0, 0.05) is 25.7 Å². The molecule has 5 nitrogen and oxygen atoms in total. The van der Waals surface area contributed by atoms with Crippen LogP contribution in [0.25, 0.3) is 0 Å². The molecular formula is C16H26N2O3. The highest BCUT2D eigenvalue weighted by atomic mass is 16.4. The minimum absolute atomic E-state index is 0.162. The van der Waals surface area contributed by atoms with Crippen LogP contribution in [0.3, 0.4) is 0 Å². The maximum absolute atomic E-state index is 12.8. The van der Waals surface area contributed by atoms with E-state index < -0.39 is 5.97 Å². The van der Waals surface area contributed by atoms with Crippen molar-refractivity contribution in [2.24, 2.45) is 11.8 Å². The molecule has 21 heavy (non-hydrogen) atoms. The molecule has 1 N–H and O–H groups in total. The van der Waals surface area contributed by atoms with E-state index in [1.165, 1.54) is 25.7 Å². The number of hydrogen-bond donors (Lipinski definition) is 1. The summed E-state index contributed by atoms with van der Waals surface area (Å²) < 4.78 is 0. The first kappa shape index (κ1) is 14.7. The number of carboxylic acid groups (broad SMARTS) is 1. The summed E-state index contributed by atoms with van der Waals surface area (Å²) in [7, 11) is 0. The number of amides is 2. The molecule has 3 aliphatic rings. The van der Waals surface area contributed by atoms with Gasteiger partial charge in [-0.2, -0.15) is 0 Å². The number of fused-ring (bicyclic) bond motifs is 1. The van der Waals surface area contributed by atoms with Crippen molar-refractivity contribution in [3.05, 3.63) is 0 Å². The van der Waals surface area contributed by atoms with E-state index in [4.69, 9.17) is 5.11 Å².